The summed E-state index contributed by atoms with van der Waals surface area (Å²) in [6.45, 7) is 3.01. The second-order valence-electron chi connectivity index (χ2n) is 4.14. The largest absolute Gasteiger partial charge is 0.493 e. The first-order chi connectivity index (χ1) is 9.26. The van der Waals surface area contributed by atoms with Gasteiger partial charge in [-0.1, -0.05) is 6.92 Å². The molecule has 0 bridgehead atoms. The van der Waals surface area contributed by atoms with E-state index in [-0.39, 0.29) is 0 Å². The zero-order valence-electron chi connectivity index (χ0n) is 11.5. The van der Waals surface area contributed by atoms with Gasteiger partial charge in [0.1, 0.15) is 0 Å². The van der Waals surface area contributed by atoms with Crippen molar-refractivity contribution in [2.75, 3.05) is 19.5 Å². The molecule has 1 aromatic heterocycles. The fourth-order valence-corrected chi connectivity index (χ4v) is 2.74. The SMILES string of the molecule is CCc1ccc(CNc2ccc(OC)c(OC)c2)s1. The minimum atomic E-state index is 0.743. The van der Waals surface area contributed by atoms with E-state index < -0.39 is 0 Å². The molecular weight excluding hydrogens is 258 g/mol. The second kappa shape index (κ2) is 6.48. The topological polar surface area (TPSA) is 30.5 Å². The maximum atomic E-state index is 5.29. The Balaban J connectivity index is 2.03. The van der Waals surface area contributed by atoms with E-state index in [1.807, 2.05) is 29.5 Å². The lowest BCUT2D eigenvalue weighted by Crippen LogP contribution is -1.98. The van der Waals surface area contributed by atoms with Crippen LogP contribution >= 0.6 is 11.3 Å². The van der Waals surface area contributed by atoms with Crippen LogP contribution in [0, 0.1) is 0 Å². The maximum Gasteiger partial charge on any atom is 0.162 e. The third kappa shape index (κ3) is 3.41. The van der Waals surface area contributed by atoms with Crippen molar-refractivity contribution in [2.45, 2.75) is 19.9 Å². The molecule has 0 amide bonds. The van der Waals surface area contributed by atoms with Crippen LogP contribution < -0.4 is 14.8 Å². The van der Waals surface area contributed by atoms with Gasteiger partial charge in [0, 0.05) is 28.1 Å². The van der Waals surface area contributed by atoms with Gasteiger partial charge in [-0.25, -0.2) is 0 Å². The lowest BCUT2D eigenvalue weighted by atomic mass is 10.2. The zero-order chi connectivity index (χ0) is 13.7. The molecule has 0 aliphatic carbocycles. The molecule has 4 heteroatoms. The van der Waals surface area contributed by atoms with Crippen molar-refractivity contribution in [3.63, 3.8) is 0 Å². The first kappa shape index (κ1) is 13.7. The van der Waals surface area contributed by atoms with E-state index in [0.29, 0.717) is 0 Å². The van der Waals surface area contributed by atoms with E-state index in [4.69, 9.17) is 9.47 Å². The summed E-state index contributed by atoms with van der Waals surface area (Å²) in [5.41, 5.74) is 1.03. The second-order valence-corrected chi connectivity index (χ2v) is 5.40. The molecule has 0 aliphatic heterocycles. The first-order valence-electron chi connectivity index (χ1n) is 6.30. The van der Waals surface area contributed by atoms with Crippen molar-refractivity contribution in [1.29, 1.82) is 0 Å². The molecule has 1 aromatic carbocycles. The van der Waals surface area contributed by atoms with Crippen LogP contribution in [0.25, 0.3) is 0 Å². The molecule has 0 fully saturated rings. The van der Waals surface area contributed by atoms with E-state index in [1.54, 1.807) is 14.2 Å². The van der Waals surface area contributed by atoms with Gasteiger partial charge in [0.05, 0.1) is 14.2 Å². The Kier molecular flexibility index (Phi) is 4.68. The number of thiophene rings is 1. The zero-order valence-corrected chi connectivity index (χ0v) is 12.3. The number of hydrogen-bond acceptors (Lipinski definition) is 4. The van der Waals surface area contributed by atoms with Gasteiger partial charge in [-0.2, -0.15) is 0 Å². The van der Waals surface area contributed by atoms with E-state index in [1.165, 1.54) is 9.75 Å². The predicted octanol–water partition coefficient (Wildman–Crippen LogP) is 3.94. The summed E-state index contributed by atoms with van der Waals surface area (Å²) in [5, 5.41) is 3.40. The van der Waals surface area contributed by atoms with Gasteiger partial charge in [-0.05, 0) is 30.7 Å². The van der Waals surface area contributed by atoms with Crippen molar-refractivity contribution < 1.29 is 9.47 Å². The van der Waals surface area contributed by atoms with Crippen molar-refractivity contribution in [3.8, 4) is 11.5 Å². The normalized spacial score (nSPS) is 10.3. The van der Waals surface area contributed by atoms with Gasteiger partial charge in [-0.15, -0.1) is 11.3 Å². The van der Waals surface area contributed by atoms with Crippen LogP contribution in [0.1, 0.15) is 16.7 Å². The molecule has 19 heavy (non-hydrogen) atoms. The predicted molar refractivity (Wildman–Crippen MR) is 80.6 cm³/mol. The lowest BCUT2D eigenvalue weighted by Gasteiger charge is -2.10. The fourth-order valence-electron chi connectivity index (χ4n) is 1.84. The monoisotopic (exact) mass is 277 g/mol. The highest BCUT2D eigenvalue weighted by Crippen LogP contribution is 2.30. The van der Waals surface area contributed by atoms with Crippen LogP contribution in [0.15, 0.2) is 30.3 Å². The van der Waals surface area contributed by atoms with Crippen LogP contribution in [0.3, 0.4) is 0 Å². The van der Waals surface area contributed by atoms with Crippen LogP contribution in [-0.4, -0.2) is 14.2 Å². The maximum absolute atomic E-state index is 5.29. The summed E-state index contributed by atoms with van der Waals surface area (Å²) in [6, 6.07) is 10.2. The Labute approximate surface area is 118 Å². The van der Waals surface area contributed by atoms with Crippen molar-refractivity contribution in [3.05, 3.63) is 40.1 Å². The number of aryl methyl sites for hydroxylation is 1. The van der Waals surface area contributed by atoms with Gasteiger partial charge in [0.2, 0.25) is 0 Å². The van der Waals surface area contributed by atoms with Crippen LogP contribution in [0.2, 0.25) is 0 Å². The molecule has 0 atom stereocenters. The Morgan fingerprint density at radius 3 is 2.37 bits per heavy atom. The highest BCUT2D eigenvalue weighted by Gasteiger charge is 2.04. The van der Waals surface area contributed by atoms with Gasteiger partial charge in [0.25, 0.3) is 0 Å². The van der Waals surface area contributed by atoms with E-state index >= 15 is 0 Å². The molecule has 0 radical (unpaired) electrons. The van der Waals surface area contributed by atoms with Crippen molar-refractivity contribution >= 4 is 17.0 Å². The minimum absolute atomic E-state index is 0.743. The highest BCUT2D eigenvalue weighted by atomic mass is 32.1. The van der Waals surface area contributed by atoms with Crippen LogP contribution in [-0.2, 0) is 13.0 Å². The quantitative estimate of drug-likeness (QED) is 0.867. The number of benzene rings is 1. The first-order valence-corrected chi connectivity index (χ1v) is 7.12. The average molecular weight is 277 g/mol. The number of methoxy groups -OCH3 is 2. The molecule has 2 aromatic rings. The molecule has 3 nitrogen and oxygen atoms in total. The average Bonchev–Trinajstić information content (AvgIpc) is 2.92. The molecule has 1 heterocycles. The standard InChI is InChI=1S/C15H19NO2S/c1-4-12-6-7-13(19-12)10-16-11-5-8-14(17-2)15(9-11)18-3/h5-9,16H,4,10H2,1-3H3. The summed E-state index contributed by atoms with van der Waals surface area (Å²) in [6.07, 6.45) is 1.10. The molecule has 102 valence electrons. The molecule has 1 N–H and O–H groups in total. The Morgan fingerprint density at radius 1 is 1.00 bits per heavy atom. The molecule has 0 spiro atoms. The molecule has 0 saturated heterocycles. The highest BCUT2D eigenvalue weighted by molar-refractivity contribution is 7.12. The lowest BCUT2D eigenvalue weighted by molar-refractivity contribution is 0.355. The van der Waals surface area contributed by atoms with Gasteiger partial charge < -0.3 is 14.8 Å². The molecule has 0 saturated carbocycles. The molecule has 2 rings (SSSR count). The fraction of sp³-hybridized carbons (Fsp3) is 0.333. The third-order valence-electron chi connectivity index (χ3n) is 2.92. The molecule has 0 unspecified atom stereocenters. The number of hydrogen-bond donors (Lipinski definition) is 1. The molecular formula is C15H19NO2S. The number of ether oxygens (including phenoxy) is 2. The summed E-state index contributed by atoms with van der Waals surface area (Å²) in [4.78, 5) is 2.76. The molecule has 0 aliphatic rings. The van der Waals surface area contributed by atoms with Gasteiger partial charge in [-0.3, -0.25) is 0 Å². The van der Waals surface area contributed by atoms with Crippen LogP contribution in [0.5, 0.6) is 11.5 Å². The minimum Gasteiger partial charge on any atom is -0.493 e. The number of anilines is 1. The summed E-state index contributed by atoms with van der Waals surface area (Å²) < 4.78 is 10.5. The summed E-state index contributed by atoms with van der Waals surface area (Å²) in [7, 11) is 3.29. The van der Waals surface area contributed by atoms with Crippen LogP contribution in [0.4, 0.5) is 5.69 Å². The Morgan fingerprint density at radius 2 is 1.74 bits per heavy atom. The summed E-state index contributed by atoms with van der Waals surface area (Å²) >= 11 is 1.85. The van der Waals surface area contributed by atoms with Crippen molar-refractivity contribution in [1.82, 2.24) is 0 Å². The Bertz CT molecular complexity index is 537. The van der Waals surface area contributed by atoms with Crippen molar-refractivity contribution in [2.24, 2.45) is 0 Å². The van der Waals surface area contributed by atoms with Gasteiger partial charge >= 0.3 is 0 Å². The van der Waals surface area contributed by atoms with E-state index in [9.17, 15) is 0 Å². The number of rotatable bonds is 6. The third-order valence-corrected chi connectivity index (χ3v) is 4.15. The van der Waals surface area contributed by atoms with E-state index in [2.05, 4.69) is 24.4 Å². The van der Waals surface area contributed by atoms with Gasteiger partial charge in [0.15, 0.2) is 11.5 Å². The number of nitrogens with one attached hydrogen (secondary N) is 1. The summed E-state index contributed by atoms with van der Waals surface area (Å²) in [5.74, 6) is 1.49. The smallest absolute Gasteiger partial charge is 0.162 e. The van der Waals surface area contributed by atoms with E-state index in [0.717, 1.165) is 30.2 Å². The Hall–Kier alpha value is -1.68.